The molecule has 1 aliphatic rings. The summed E-state index contributed by atoms with van der Waals surface area (Å²) in [5.74, 6) is 0. The van der Waals surface area contributed by atoms with Crippen LogP contribution in [0.5, 0.6) is 0 Å². The van der Waals surface area contributed by atoms with E-state index in [-0.39, 0.29) is 16.9 Å². The Hall–Kier alpha value is -1.66. The van der Waals surface area contributed by atoms with E-state index in [2.05, 4.69) is 30.9 Å². The first-order valence-electron chi connectivity index (χ1n) is 7.23. The first kappa shape index (κ1) is 15.7. The van der Waals surface area contributed by atoms with Crippen LogP contribution in [0.25, 0.3) is 0 Å². The van der Waals surface area contributed by atoms with Crippen molar-refractivity contribution in [2.75, 3.05) is 33.4 Å². The molecule has 6 nitrogen and oxygen atoms in total. The lowest BCUT2D eigenvalue weighted by Crippen LogP contribution is -2.56. The van der Waals surface area contributed by atoms with Crippen LogP contribution < -0.4 is 5.73 Å². The number of nitro groups is 1. The second-order valence-electron chi connectivity index (χ2n) is 6.29. The molecule has 1 aromatic rings. The van der Waals surface area contributed by atoms with E-state index < -0.39 is 4.92 Å². The maximum Gasteiger partial charge on any atom is 0.292 e. The fourth-order valence-electron chi connectivity index (χ4n) is 3.07. The summed E-state index contributed by atoms with van der Waals surface area (Å²) < 4.78 is 0. The molecule has 6 heteroatoms. The number of rotatable bonds is 6. The first-order chi connectivity index (χ1) is 9.84. The summed E-state index contributed by atoms with van der Waals surface area (Å²) in [5.41, 5.74) is 7.24. The number of hydrogen-bond acceptors (Lipinski definition) is 5. The van der Waals surface area contributed by atoms with Crippen LogP contribution in [-0.4, -0.2) is 47.9 Å². The van der Waals surface area contributed by atoms with E-state index in [0.29, 0.717) is 0 Å². The summed E-state index contributed by atoms with van der Waals surface area (Å²) in [6.07, 6.45) is 3.75. The third-order valence-electron chi connectivity index (χ3n) is 4.54. The minimum absolute atomic E-state index is 0.0230. The van der Waals surface area contributed by atoms with Crippen molar-refractivity contribution in [3.63, 3.8) is 0 Å². The van der Waals surface area contributed by atoms with Crippen LogP contribution in [0.1, 0.15) is 24.8 Å². The highest BCUT2D eigenvalue weighted by molar-refractivity contribution is 5.59. The Morgan fingerprint density at radius 3 is 2.43 bits per heavy atom. The topological polar surface area (TPSA) is 75.6 Å². The maximum absolute atomic E-state index is 10.8. The summed E-state index contributed by atoms with van der Waals surface area (Å²) in [6.45, 7) is 1.74. The van der Waals surface area contributed by atoms with Crippen LogP contribution >= 0.6 is 0 Å². The number of benzene rings is 1. The fraction of sp³-hybridized carbons (Fsp3) is 0.600. The SMILES string of the molecule is CN(Cc1ccc([N+](=O)[O-])c(N)c1)CC1(N(C)C)CCC1. The zero-order valence-corrected chi connectivity index (χ0v) is 13.0. The average Bonchev–Trinajstić information content (AvgIpc) is 2.32. The average molecular weight is 292 g/mol. The van der Waals surface area contributed by atoms with Gasteiger partial charge < -0.3 is 15.5 Å². The summed E-state index contributed by atoms with van der Waals surface area (Å²) in [4.78, 5) is 14.9. The third kappa shape index (κ3) is 3.33. The molecule has 1 aliphatic carbocycles. The van der Waals surface area contributed by atoms with Gasteiger partial charge in [0.2, 0.25) is 0 Å². The number of nitrogen functional groups attached to an aromatic ring is 1. The van der Waals surface area contributed by atoms with Crippen LogP contribution in [-0.2, 0) is 6.54 Å². The van der Waals surface area contributed by atoms with Gasteiger partial charge in [0, 0.05) is 24.7 Å². The Kier molecular flexibility index (Phi) is 4.49. The number of anilines is 1. The van der Waals surface area contributed by atoms with E-state index in [9.17, 15) is 10.1 Å². The van der Waals surface area contributed by atoms with E-state index in [0.717, 1.165) is 18.7 Å². The van der Waals surface area contributed by atoms with Gasteiger partial charge in [-0.15, -0.1) is 0 Å². The lowest BCUT2D eigenvalue weighted by Gasteiger charge is -2.49. The number of nitro benzene ring substituents is 1. The van der Waals surface area contributed by atoms with Crippen molar-refractivity contribution in [1.82, 2.24) is 9.80 Å². The third-order valence-corrected chi connectivity index (χ3v) is 4.54. The minimum atomic E-state index is -0.446. The van der Waals surface area contributed by atoms with Crippen molar-refractivity contribution in [3.05, 3.63) is 33.9 Å². The molecule has 0 aliphatic heterocycles. The summed E-state index contributed by atoms with van der Waals surface area (Å²) in [5, 5.41) is 10.8. The quantitative estimate of drug-likeness (QED) is 0.493. The highest BCUT2D eigenvalue weighted by Crippen LogP contribution is 2.36. The largest absolute Gasteiger partial charge is 0.393 e. The van der Waals surface area contributed by atoms with Crippen LogP contribution in [0.2, 0.25) is 0 Å². The molecule has 0 bridgehead atoms. The Bertz CT molecular complexity index is 526. The molecule has 1 saturated carbocycles. The molecular formula is C15H24N4O2. The monoisotopic (exact) mass is 292 g/mol. The van der Waals surface area contributed by atoms with Gasteiger partial charge in [0.25, 0.3) is 5.69 Å². The van der Waals surface area contributed by atoms with Crippen molar-refractivity contribution in [3.8, 4) is 0 Å². The summed E-state index contributed by atoms with van der Waals surface area (Å²) in [6, 6.07) is 4.98. The fourth-order valence-corrected chi connectivity index (χ4v) is 3.07. The molecule has 0 radical (unpaired) electrons. The maximum atomic E-state index is 10.8. The van der Waals surface area contributed by atoms with Gasteiger partial charge >= 0.3 is 0 Å². The Morgan fingerprint density at radius 1 is 1.33 bits per heavy atom. The van der Waals surface area contributed by atoms with Crippen LogP contribution in [0.4, 0.5) is 11.4 Å². The second kappa shape index (κ2) is 5.99. The van der Waals surface area contributed by atoms with E-state index in [1.165, 1.54) is 25.3 Å². The molecule has 1 aromatic carbocycles. The first-order valence-corrected chi connectivity index (χ1v) is 7.23. The molecule has 2 rings (SSSR count). The molecule has 2 N–H and O–H groups in total. The van der Waals surface area contributed by atoms with Gasteiger partial charge in [-0.1, -0.05) is 6.07 Å². The molecule has 116 valence electrons. The van der Waals surface area contributed by atoms with Crippen LogP contribution in [0.3, 0.4) is 0 Å². The summed E-state index contributed by atoms with van der Waals surface area (Å²) >= 11 is 0. The molecule has 21 heavy (non-hydrogen) atoms. The lowest BCUT2D eigenvalue weighted by atomic mass is 9.75. The van der Waals surface area contributed by atoms with E-state index in [1.807, 2.05) is 0 Å². The molecule has 0 unspecified atom stereocenters. The van der Waals surface area contributed by atoms with Gasteiger partial charge in [0.05, 0.1) is 4.92 Å². The highest BCUT2D eigenvalue weighted by atomic mass is 16.6. The lowest BCUT2D eigenvalue weighted by molar-refractivity contribution is -0.383. The molecule has 0 aromatic heterocycles. The van der Waals surface area contributed by atoms with Crippen LogP contribution in [0.15, 0.2) is 18.2 Å². The molecule has 0 saturated heterocycles. The van der Waals surface area contributed by atoms with Gasteiger partial charge in [-0.25, -0.2) is 0 Å². The minimum Gasteiger partial charge on any atom is -0.393 e. The highest BCUT2D eigenvalue weighted by Gasteiger charge is 2.39. The zero-order valence-electron chi connectivity index (χ0n) is 13.0. The molecule has 0 atom stereocenters. The number of likely N-dealkylation sites (N-methyl/N-ethyl adjacent to an activating group) is 2. The predicted octanol–water partition coefficient (Wildman–Crippen LogP) is 2.09. The standard InChI is InChI=1S/C15H24N4O2/c1-17(2)15(7-4-8-15)11-18(3)10-12-5-6-14(19(20)21)13(16)9-12/h5-6,9H,4,7-8,10-11,16H2,1-3H3. The number of nitrogens with zero attached hydrogens (tertiary/aromatic N) is 3. The normalized spacial score (nSPS) is 17.0. The van der Waals surface area contributed by atoms with Gasteiger partial charge in [0.1, 0.15) is 5.69 Å². The van der Waals surface area contributed by atoms with Gasteiger partial charge in [0.15, 0.2) is 0 Å². The van der Waals surface area contributed by atoms with Crippen molar-refractivity contribution in [1.29, 1.82) is 0 Å². The van der Waals surface area contributed by atoms with Crippen molar-refractivity contribution in [2.45, 2.75) is 31.3 Å². The Morgan fingerprint density at radius 2 is 2.00 bits per heavy atom. The predicted molar refractivity (Wildman–Crippen MR) is 84.1 cm³/mol. The number of hydrogen-bond donors (Lipinski definition) is 1. The number of nitrogens with two attached hydrogens (primary N) is 1. The molecule has 0 amide bonds. The molecule has 1 fully saturated rings. The molecule has 0 heterocycles. The van der Waals surface area contributed by atoms with Crippen molar-refractivity contribution in [2.24, 2.45) is 0 Å². The molecule has 0 spiro atoms. The Labute approximate surface area is 125 Å². The Balaban J connectivity index is 2.01. The van der Waals surface area contributed by atoms with Crippen molar-refractivity contribution >= 4 is 11.4 Å². The van der Waals surface area contributed by atoms with E-state index >= 15 is 0 Å². The smallest absolute Gasteiger partial charge is 0.292 e. The van der Waals surface area contributed by atoms with Gasteiger partial charge in [-0.05, 0) is 52.0 Å². The van der Waals surface area contributed by atoms with Crippen LogP contribution in [0, 0.1) is 10.1 Å². The van der Waals surface area contributed by atoms with E-state index in [4.69, 9.17) is 5.73 Å². The van der Waals surface area contributed by atoms with Gasteiger partial charge in [-0.2, -0.15) is 0 Å². The van der Waals surface area contributed by atoms with Gasteiger partial charge in [-0.3, -0.25) is 10.1 Å². The molecular weight excluding hydrogens is 268 g/mol. The second-order valence-corrected chi connectivity index (χ2v) is 6.29. The summed E-state index contributed by atoms with van der Waals surface area (Å²) in [7, 11) is 6.36. The van der Waals surface area contributed by atoms with Crippen molar-refractivity contribution < 1.29 is 4.92 Å². The van der Waals surface area contributed by atoms with E-state index in [1.54, 1.807) is 12.1 Å². The zero-order chi connectivity index (χ0) is 15.6.